The zero-order valence-electron chi connectivity index (χ0n) is 16.1. The molecule has 0 spiro atoms. The minimum Gasteiger partial charge on any atom is -0.505 e. The van der Waals surface area contributed by atoms with Crippen LogP contribution in [0.3, 0.4) is 0 Å². The van der Waals surface area contributed by atoms with E-state index < -0.39 is 34.9 Å². The Morgan fingerprint density at radius 2 is 1.90 bits per heavy atom. The molecule has 1 N–H and O–H groups in total. The topological polar surface area (TPSA) is 103 Å². The number of ketones is 2. The number of aromatic hydroxyl groups is 1. The summed E-state index contributed by atoms with van der Waals surface area (Å²) in [5.74, 6) is -2.83. The number of hydrogen-bond acceptors (Lipinski definition) is 5. The summed E-state index contributed by atoms with van der Waals surface area (Å²) in [7, 11) is 1.38. The van der Waals surface area contributed by atoms with Crippen LogP contribution in [0.1, 0.15) is 23.9 Å². The molecule has 158 valence electrons. The lowest BCUT2D eigenvalue weighted by molar-refractivity contribution is -0.115. The van der Waals surface area contributed by atoms with Crippen LogP contribution in [0.5, 0.6) is 5.75 Å². The Hall–Kier alpha value is -3.02. The highest BCUT2D eigenvalue weighted by Gasteiger charge is 2.45. The van der Waals surface area contributed by atoms with E-state index in [0.717, 1.165) is 10.6 Å². The molecule has 0 unspecified atom stereocenters. The van der Waals surface area contributed by atoms with E-state index in [1.54, 1.807) is 6.08 Å². The molecule has 5 rings (SSSR count). The highest BCUT2D eigenvalue weighted by molar-refractivity contribution is 14.1. The Labute approximate surface area is 187 Å². The fraction of sp³-hybridized carbons (Fsp3) is 0.238. The first-order valence-corrected chi connectivity index (χ1v) is 10.5. The van der Waals surface area contributed by atoms with Crippen molar-refractivity contribution in [3.63, 3.8) is 0 Å². The smallest absolute Gasteiger partial charge is 0.347 e. The maximum atomic E-state index is 14.2. The lowest BCUT2D eigenvalue weighted by Gasteiger charge is -2.39. The van der Waals surface area contributed by atoms with Crippen LogP contribution in [-0.2, 0) is 23.2 Å². The molecule has 0 radical (unpaired) electrons. The summed E-state index contributed by atoms with van der Waals surface area (Å²) >= 11 is 1.81. The first kappa shape index (κ1) is 19.9. The van der Waals surface area contributed by atoms with E-state index >= 15 is 0 Å². The maximum absolute atomic E-state index is 14.2. The summed E-state index contributed by atoms with van der Waals surface area (Å²) in [5.41, 5.74) is 0.523. The first-order chi connectivity index (χ1) is 14.7. The summed E-state index contributed by atoms with van der Waals surface area (Å²) < 4.78 is 18.1. The van der Waals surface area contributed by atoms with E-state index in [0.29, 0.717) is 11.1 Å². The number of allylic oxidation sites excluding steroid dienone is 6. The van der Waals surface area contributed by atoms with Gasteiger partial charge >= 0.3 is 11.4 Å². The first-order valence-electron chi connectivity index (χ1n) is 9.46. The number of hydrogen-bond donors (Lipinski definition) is 1. The van der Waals surface area contributed by atoms with Gasteiger partial charge in [-0.05, 0) is 45.9 Å². The van der Waals surface area contributed by atoms with Crippen LogP contribution in [0.15, 0.2) is 60.2 Å². The SMILES string of the molecule is Cn1c(=O)n2n(c1=O)[C@@H]1CC3=C(C(=O)C(I)=CC3=O)[C@@H](c3ccc(O)c(F)c3)C1=CC2. The lowest BCUT2D eigenvalue weighted by atomic mass is 9.69. The molecule has 8 nitrogen and oxygen atoms in total. The van der Waals surface area contributed by atoms with E-state index in [2.05, 4.69) is 0 Å². The second-order valence-corrected chi connectivity index (χ2v) is 8.86. The molecule has 0 saturated carbocycles. The fourth-order valence-corrected chi connectivity index (χ4v) is 5.23. The average molecular weight is 535 g/mol. The van der Waals surface area contributed by atoms with Gasteiger partial charge in [0.15, 0.2) is 23.1 Å². The molecule has 31 heavy (non-hydrogen) atoms. The van der Waals surface area contributed by atoms with E-state index in [-0.39, 0.29) is 39.3 Å². The summed E-state index contributed by atoms with van der Waals surface area (Å²) in [5, 5.41) is 9.62. The van der Waals surface area contributed by atoms with Crippen molar-refractivity contribution in [1.29, 1.82) is 0 Å². The molecule has 0 saturated heterocycles. The number of halogens is 2. The predicted octanol–water partition coefficient (Wildman–Crippen LogP) is 1.63. The third-order valence-corrected chi connectivity index (χ3v) is 6.90. The van der Waals surface area contributed by atoms with E-state index in [4.69, 9.17) is 0 Å². The molecular weight excluding hydrogens is 520 g/mol. The molecule has 2 atom stereocenters. The van der Waals surface area contributed by atoms with Gasteiger partial charge in [0, 0.05) is 36.6 Å². The van der Waals surface area contributed by atoms with Gasteiger partial charge in [-0.3, -0.25) is 9.59 Å². The predicted molar refractivity (Wildman–Crippen MR) is 116 cm³/mol. The zero-order valence-corrected chi connectivity index (χ0v) is 18.3. The number of Topliss-reactive ketones (excluding diaryl/α,β-unsaturated/α-hetero) is 1. The Bertz CT molecular complexity index is 1420. The standard InChI is InChI=1S/C21H15FIN3O5/c1-24-20(30)25-5-4-10-14(26(25)21(24)31)7-11-16(28)8-13(23)19(29)18(11)17(10)9-2-3-15(27)12(22)6-9/h2-4,6,8,14,17,27H,5,7H2,1H3/t14-,17+/m1/s1. The second-order valence-electron chi connectivity index (χ2n) is 7.70. The highest BCUT2D eigenvalue weighted by atomic mass is 127. The molecular formula is C21H15FIN3O5. The second kappa shape index (κ2) is 6.74. The number of carbonyl (C=O) groups excluding carboxylic acids is 2. The number of nitrogens with zero attached hydrogens (tertiary/aromatic N) is 3. The number of phenols is 1. The van der Waals surface area contributed by atoms with E-state index in [1.165, 1.54) is 34.6 Å². The van der Waals surface area contributed by atoms with Crippen molar-refractivity contribution in [3.8, 4) is 5.75 Å². The number of rotatable bonds is 1. The van der Waals surface area contributed by atoms with Crippen molar-refractivity contribution >= 4 is 34.2 Å². The molecule has 2 heterocycles. The molecule has 0 amide bonds. The minimum atomic E-state index is -0.855. The minimum absolute atomic E-state index is 0.0760. The molecule has 0 fully saturated rings. The van der Waals surface area contributed by atoms with Crippen LogP contribution in [0, 0.1) is 5.82 Å². The van der Waals surface area contributed by atoms with Crippen LogP contribution in [0.2, 0.25) is 0 Å². The number of benzene rings is 1. The molecule has 1 aromatic heterocycles. The van der Waals surface area contributed by atoms with E-state index in [9.17, 15) is 28.7 Å². The summed E-state index contributed by atoms with van der Waals surface area (Å²) in [6.45, 7) is 0.107. The van der Waals surface area contributed by atoms with E-state index in [1.807, 2.05) is 22.6 Å². The Morgan fingerprint density at radius 3 is 2.61 bits per heavy atom. The van der Waals surface area contributed by atoms with Crippen LogP contribution in [-0.4, -0.2) is 30.6 Å². The molecule has 2 aliphatic carbocycles. The highest BCUT2D eigenvalue weighted by Crippen LogP contribution is 2.50. The number of phenolic OH excluding ortho intramolecular Hbond substituents is 1. The summed E-state index contributed by atoms with van der Waals surface area (Å²) in [4.78, 5) is 51.2. The van der Waals surface area contributed by atoms with Crippen molar-refractivity contribution < 1.29 is 19.1 Å². The maximum Gasteiger partial charge on any atom is 0.347 e. The molecule has 1 aliphatic heterocycles. The molecule has 0 bridgehead atoms. The van der Waals surface area contributed by atoms with Gasteiger partial charge in [-0.25, -0.2) is 27.9 Å². The molecule has 2 aromatic rings. The van der Waals surface area contributed by atoms with Crippen LogP contribution < -0.4 is 11.4 Å². The van der Waals surface area contributed by atoms with Gasteiger partial charge in [0.05, 0.1) is 16.2 Å². The van der Waals surface area contributed by atoms with Gasteiger partial charge in [-0.15, -0.1) is 0 Å². The normalized spacial score (nSPS) is 22.5. The Kier molecular flexibility index (Phi) is 4.33. The van der Waals surface area contributed by atoms with Gasteiger partial charge in [0.2, 0.25) is 0 Å². The largest absolute Gasteiger partial charge is 0.505 e. The molecule has 1 aromatic carbocycles. The van der Waals surface area contributed by atoms with Crippen molar-refractivity contribution in [2.24, 2.45) is 7.05 Å². The monoisotopic (exact) mass is 535 g/mol. The van der Waals surface area contributed by atoms with Crippen LogP contribution >= 0.6 is 22.6 Å². The van der Waals surface area contributed by atoms with Crippen LogP contribution in [0.4, 0.5) is 4.39 Å². The van der Waals surface area contributed by atoms with Gasteiger partial charge in [-0.1, -0.05) is 12.1 Å². The number of aromatic nitrogens is 3. The van der Waals surface area contributed by atoms with Gasteiger partial charge in [0.1, 0.15) is 0 Å². The van der Waals surface area contributed by atoms with Crippen molar-refractivity contribution in [2.45, 2.75) is 24.9 Å². The summed E-state index contributed by atoms with van der Waals surface area (Å²) in [6.07, 6.45) is 3.09. The lowest BCUT2D eigenvalue weighted by Crippen LogP contribution is -2.40. The van der Waals surface area contributed by atoms with Gasteiger partial charge in [0.25, 0.3) is 0 Å². The fourth-order valence-electron chi connectivity index (χ4n) is 4.66. The number of carbonyl (C=O) groups is 2. The summed E-state index contributed by atoms with van der Waals surface area (Å²) in [6, 6.07) is 3.15. The third-order valence-electron chi connectivity index (χ3n) is 6.10. The quantitative estimate of drug-likeness (QED) is 0.340. The van der Waals surface area contributed by atoms with Crippen molar-refractivity contribution in [3.05, 3.63) is 83.0 Å². The van der Waals surface area contributed by atoms with Crippen molar-refractivity contribution in [1.82, 2.24) is 13.9 Å². The zero-order chi connectivity index (χ0) is 22.2. The Balaban J connectivity index is 1.80. The van der Waals surface area contributed by atoms with Gasteiger partial charge in [-0.2, -0.15) is 0 Å². The van der Waals surface area contributed by atoms with Crippen LogP contribution in [0.25, 0.3) is 0 Å². The van der Waals surface area contributed by atoms with Crippen molar-refractivity contribution in [2.75, 3.05) is 0 Å². The molecule has 10 heteroatoms. The average Bonchev–Trinajstić information content (AvgIpc) is 2.97. The number of fused-ring (bicyclic) bond motifs is 3. The molecule has 3 aliphatic rings. The van der Waals surface area contributed by atoms with Gasteiger partial charge < -0.3 is 5.11 Å². The Morgan fingerprint density at radius 1 is 1.16 bits per heavy atom. The third kappa shape index (κ3) is 2.70.